The van der Waals surface area contributed by atoms with Crippen molar-refractivity contribution < 1.29 is 4.79 Å². The Morgan fingerprint density at radius 2 is 1.93 bits per heavy atom. The van der Waals surface area contributed by atoms with Gasteiger partial charge in [0.2, 0.25) is 5.91 Å². The molecule has 0 fully saturated rings. The summed E-state index contributed by atoms with van der Waals surface area (Å²) in [5, 5.41) is 19.3. The molecule has 1 aromatic rings. The first kappa shape index (κ1) is 10.7. The molecule has 1 N–H and O–H groups in total. The van der Waals surface area contributed by atoms with Crippen molar-refractivity contribution in [1.82, 2.24) is 5.32 Å². The van der Waals surface area contributed by atoms with Gasteiger partial charge >= 0.3 is 0 Å². The number of carbonyl (C=O) groups is 1. The van der Waals surface area contributed by atoms with Crippen LogP contribution in [0.1, 0.15) is 11.1 Å². The van der Waals surface area contributed by atoms with Crippen molar-refractivity contribution in [3.63, 3.8) is 0 Å². The predicted octanol–water partition coefficient (Wildman–Crippen LogP) is 0.741. The van der Waals surface area contributed by atoms with Crippen molar-refractivity contribution >= 4 is 5.91 Å². The number of carbonyl (C=O) groups excluding carboxylic acids is 1. The van der Waals surface area contributed by atoms with E-state index in [9.17, 15) is 4.79 Å². The second kappa shape index (κ2) is 5.41. The molecule has 0 aliphatic heterocycles. The highest BCUT2D eigenvalue weighted by Crippen LogP contribution is 2.03. The molecule has 4 nitrogen and oxygen atoms in total. The zero-order valence-corrected chi connectivity index (χ0v) is 8.03. The van der Waals surface area contributed by atoms with E-state index >= 15 is 0 Å². The second-order valence-corrected chi connectivity index (χ2v) is 2.92. The Morgan fingerprint density at radius 3 is 2.47 bits per heavy atom. The van der Waals surface area contributed by atoms with Crippen molar-refractivity contribution in [2.75, 3.05) is 6.54 Å². The molecular formula is C11H9N3O. The first-order valence-electron chi connectivity index (χ1n) is 4.39. The number of nitrogens with one attached hydrogen (secondary N) is 1. The van der Waals surface area contributed by atoms with E-state index in [0.29, 0.717) is 5.56 Å². The summed E-state index contributed by atoms with van der Waals surface area (Å²) in [5.41, 5.74) is 1.39. The number of amides is 1. The summed E-state index contributed by atoms with van der Waals surface area (Å²) >= 11 is 0. The monoisotopic (exact) mass is 199 g/mol. The number of hydrogen-bond acceptors (Lipinski definition) is 3. The molecule has 0 saturated carbocycles. The summed E-state index contributed by atoms with van der Waals surface area (Å²) in [5.74, 6) is -0.193. The molecule has 0 heterocycles. The topological polar surface area (TPSA) is 76.7 Å². The van der Waals surface area contributed by atoms with Gasteiger partial charge in [0.05, 0.1) is 24.1 Å². The standard InChI is InChI=1S/C11H9N3O/c12-5-6-14-11(15)7-9-1-3-10(8-13)4-2-9/h1-4H,6-7H2,(H,14,15). The average molecular weight is 199 g/mol. The highest BCUT2D eigenvalue weighted by atomic mass is 16.1. The Labute approximate surface area is 87.8 Å². The molecule has 74 valence electrons. The van der Waals surface area contributed by atoms with Crippen molar-refractivity contribution in [2.24, 2.45) is 0 Å². The number of benzene rings is 1. The van der Waals surface area contributed by atoms with Crippen molar-refractivity contribution in [3.8, 4) is 12.1 Å². The third-order valence-electron chi connectivity index (χ3n) is 1.81. The summed E-state index contributed by atoms with van der Waals surface area (Å²) in [7, 11) is 0. The SMILES string of the molecule is N#CCNC(=O)Cc1ccc(C#N)cc1. The van der Waals surface area contributed by atoms with Gasteiger partial charge in [-0.05, 0) is 17.7 Å². The molecule has 15 heavy (non-hydrogen) atoms. The minimum atomic E-state index is -0.193. The van der Waals surface area contributed by atoms with Gasteiger partial charge < -0.3 is 5.32 Å². The minimum Gasteiger partial charge on any atom is -0.343 e. The molecule has 1 amide bonds. The fraction of sp³-hybridized carbons (Fsp3) is 0.182. The molecule has 0 saturated heterocycles. The van der Waals surface area contributed by atoms with Gasteiger partial charge in [-0.15, -0.1) is 0 Å². The molecule has 0 bridgehead atoms. The Bertz CT molecular complexity index is 423. The first-order chi connectivity index (χ1) is 7.26. The molecule has 0 spiro atoms. The lowest BCUT2D eigenvalue weighted by Crippen LogP contribution is -2.25. The lowest BCUT2D eigenvalue weighted by Gasteiger charge is -2.00. The maximum atomic E-state index is 11.2. The third kappa shape index (κ3) is 3.50. The lowest BCUT2D eigenvalue weighted by molar-refractivity contribution is -0.120. The number of nitrogens with zero attached hydrogens (tertiary/aromatic N) is 2. The summed E-state index contributed by atoms with van der Waals surface area (Å²) in [6, 6.07) is 10.6. The van der Waals surface area contributed by atoms with Crippen LogP contribution in [0.4, 0.5) is 0 Å². The van der Waals surface area contributed by atoms with Crippen LogP contribution >= 0.6 is 0 Å². The average Bonchev–Trinajstić information content (AvgIpc) is 2.27. The smallest absolute Gasteiger partial charge is 0.225 e. The summed E-state index contributed by atoms with van der Waals surface area (Å²) < 4.78 is 0. The molecule has 4 heteroatoms. The summed E-state index contributed by atoms with van der Waals surface area (Å²) in [6.07, 6.45) is 0.230. The molecule has 0 aromatic heterocycles. The van der Waals surface area contributed by atoms with Gasteiger partial charge in [0, 0.05) is 0 Å². The highest BCUT2D eigenvalue weighted by Gasteiger charge is 2.01. The Kier molecular flexibility index (Phi) is 3.88. The van der Waals surface area contributed by atoms with Gasteiger partial charge in [0.15, 0.2) is 0 Å². The van der Waals surface area contributed by atoms with E-state index < -0.39 is 0 Å². The third-order valence-corrected chi connectivity index (χ3v) is 1.81. The van der Waals surface area contributed by atoms with Crippen molar-refractivity contribution in [1.29, 1.82) is 10.5 Å². The van der Waals surface area contributed by atoms with Gasteiger partial charge in [-0.1, -0.05) is 12.1 Å². The Balaban J connectivity index is 2.55. The number of rotatable bonds is 3. The number of nitriles is 2. The maximum absolute atomic E-state index is 11.2. The van der Waals surface area contributed by atoms with Crippen LogP contribution in [0.25, 0.3) is 0 Å². The normalized spacial score (nSPS) is 8.67. The molecule has 0 aliphatic rings. The van der Waals surface area contributed by atoms with E-state index in [0.717, 1.165) is 5.56 Å². The van der Waals surface area contributed by atoms with Crippen molar-refractivity contribution in [3.05, 3.63) is 35.4 Å². The lowest BCUT2D eigenvalue weighted by atomic mass is 10.1. The van der Waals surface area contributed by atoms with Gasteiger partial charge in [-0.2, -0.15) is 10.5 Å². The molecule has 1 rings (SSSR count). The van der Waals surface area contributed by atoms with Crippen LogP contribution in [0.5, 0.6) is 0 Å². The summed E-state index contributed by atoms with van der Waals surface area (Å²) in [4.78, 5) is 11.2. The fourth-order valence-corrected chi connectivity index (χ4v) is 1.08. The second-order valence-electron chi connectivity index (χ2n) is 2.92. The molecule has 0 atom stereocenters. The van der Waals surface area contributed by atoms with Crippen LogP contribution in [0.3, 0.4) is 0 Å². The molecule has 0 unspecified atom stereocenters. The fourth-order valence-electron chi connectivity index (χ4n) is 1.08. The van der Waals surface area contributed by atoms with Crippen LogP contribution in [0, 0.1) is 22.7 Å². The maximum Gasteiger partial charge on any atom is 0.225 e. The Morgan fingerprint density at radius 1 is 1.27 bits per heavy atom. The minimum absolute atomic E-state index is 0.0229. The quantitative estimate of drug-likeness (QED) is 0.729. The Hall–Kier alpha value is -2.33. The van der Waals surface area contributed by atoms with Crippen LogP contribution in [-0.2, 0) is 11.2 Å². The van der Waals surface area contributed by atoms with Crippen LogP contribution < -0.4 is 5.32 Å². The molecule has 0 aliphatic carbocycles. The zero-order chi connectivity index (χ0) is 11.1. The largest absolute Gasteiger partial charge is 0.343 e. The molecular weight excluding hydrogens is 190 g/mol. The first-order valence-corrected chi connectivity index (χ1v) is 4.39. The van der Waals surface area contributed by atoms with Crippen LogP contribution in [0.15, 0.2) is 24.3 Å². The van der Waals surface area contributed by atoms with Gasteiger partial charge in [-0.25, -0.2) is 0 Å². The van der Waals surface area contributed by atoms with E-state index in [-0.39, 0.29) is 18.9 Å². The van der Waals surface area contributed by atoms with Crippen molar-refractivity contribution in [2.45, 2.75) is 6.42 Å². The molecule has 0 radical (unpaired) electrons. The summed E-state index contributed by atoms with van der Waals surface area (Å²) in [6.45, 7) is 0.0229. The van der Waals surface area contributed by atoms with E-state index in [2.05, 4.69) is 5.32 Å². The van der Waals surface area contributed by atoms with E-state index in [1.807, 2.05) is 12.1 Å². The predicted molar refractivity (Wildman–Crippen MR) is 53.5 cm³/mol. The van der Waals surface area contributed by atoms with E-state index in [4.69, 9.17) is 10.5 Å². The van der Waals surface area contributed by atoms with E-state index in [1.54, 1.807) is 24.3 Å². The van der Waals surface area contributed by atoms with Gasteiger partial charge in [-0.3, -0.25) is 4.79 Å². The van der Waals surface area contributed by atoms with Gasteiger partial charge in [0.1, 0.15) is 6.54 Å². The molecule has 1 aromatic carbocycles. The number of hydrogen-bond donors (Lipinski definition) is 1. The van der Waals surface area contributed by atoms with Gasteiger partial charge in [0.25, 0.3) is 0 Å². The van der Waals surface area contributed by atoms with Crippen LogP contribution in [-0.4, -0.2) is 12.5 Å². The van der Waals surface area contributed by atoms with E-state index in [1.165, 1.54) is 0 Å². The van der Waals surface area contributed by atoms with Crippen LogP contribution in [0.2, 0.25) is 0 Å². The highest BCUT2D eigenvalue weighted by molar-refractivity contribution is 5.78. The zero-order valence-electron chi connectivity index (χ0n) is 8.03.